The standard InChI is InChI=1S/C42H38N4O12S/c1-3-38(47)55-22-5-20-53-33-13-8-29(9-14-33)40(49)57-24-19-28-7-17-36(58-41(50)30-10-15-34(16-11-30)54-21-6-23-56-39(48)4-2)31(25-28)27-43-45-42-44-35-26-32(46(51)52)12-18-37(35)59-42/h3-4,7-18,25-27H,1-2,5-6,19-24H2,(H,44,45)/b43-27+. The van der Waals surface area contributed by atoms with Crippen LogP contribution in [0.2, 0.25) is 0 Å². The number of nitrogens with zero attached hydrogens (tertiary/aromatic N) is 3. The lowest BCUT2D eigenvalue weighted by molar-refractivity contribution is -0.384. The molecule has 0 radical (unpaired) electrons. The number of fused-ring (bicyclic) bond motifs is 1. The van der Waals surface area contributed by atoms with E-state index in [0.29, 0.717) is 59.1 Å². The van der Waals surface area contributed by atoms with Gasteiger partial charge < -0.3 is 28.4 Å². The quantitative estimate of drug-likeness (QED) is 0.0107. The topological polar surface area (TPSA) is 204 Å². The molecule has 59 heavy (non-hydrogen) atoms. The summed E-state index contributed by atoms with van der Waals surface area (Å²) in [7, 11) is 0. The van der Waals surface area contributed by atoms with Gasteiger partial charge in [0.15, 0.2) is 0 Å². The molecule has 304 valence electrons. The number of hydrogen-bond donors (Lipinski definition) is 1. The van der Waals surface area contributed by atoms with E-state index in [9.17, 15) is 29.3 Å². The highest BCUT2D eigenvalue weighted by molar-refractivity contribution is 7.22. The van der Waals surface area contributed by atoms with Crippen LogP contribution in [-0.2, 0) is 30.2 Å². The molecule has 5 aromatic rings. The fourth-order valence-electron chi connectivity index (χ4n) is 5.02. The summed E-state index contributed by atoms with van der Waals surface area (Å²) in [6.07, 6.45) is 4.88. The van der Waals surface area contributed by atoms with Crippen molar-refractivity contribution < 1.29 is 52.5 Å². The first kappa shape index (κ1) is 42.7. The number of nitro benzene ring substituents is 1. The summed E-state index contributed by atoms with van der Waals surface area (Å²) >= 11 is 1.25. The Morgan fingerprint density at radius 1 is 0.746 bits per heavy atom. The van der Waals surface area contributed by atoms with Crippen LogP contribution in [0.5, 0.6) is 17.2 Å². The molecule has 1 aromatic heterocycles. The number of ether oxygens (including phenoxy) is 6. The molecule has 0 saturated carbocycles. The number of nitrogens with one attached hydrogen (secondary N) is 1. The lowest BCUT2D eigenvalue weighted by Gasteiger charge is -2.11. The van der Waals surface area contributed by atoms with Crippen LogP contribution in [0.15, 0.2) is 115 Å². The first-order chi connectivity index (χ1) is 28.6. The zero-order valence-electron chi connectivity index (χ0n) is 31.5. The molecule has 0 atom stereocenters. The number of rotatable bonds is 22. The lowest BCUT2D eigenvalue weighted by atomic mass is 10.1. The number of thiazole rings is 1. The van der Waals surface area contributed by atoms with Crippen LogP contribution in [0.25, 0.3) is 10.2 Å². The highest BCUT2D eigenvalue weighted by Crippen LogP contribution is 2.29. The fraction of sp³-hybridized carbons (Fsp3) is 0.190. The van der Waals surface area contributed by atoms with E-state index in [1.54, 1.807) is 72.8 Å². The molecular weight excluding hydrogens is 785 g/mol. The van der Waals surface area contributed by atoms with Crippen molar-refractivity contribution in [3.8, 4) is 17.2 Å². The van der Waals surface area contributed by atoms with Gasteiger partial charge in [-0.05, 0) is 72.3 Å². The van der Waals surface area contributed by atoms with Gasteiger partial charge in [0.05, 0.1) is 65.5 Å². The van der Waals surface area contributed by atoms with Gasteiger partial charge in [-0.3, -0.25) is 15.5 Å². The van der Waals surface area contributed by atoms with Gasteiger partial charge in [-0.1, -0.05) is 30.6 Å². The first-order valence-electron chi connectivity index (χ1n) is 18.0. The maximum Gasteiger partial charge on any atom is 0.343 e. The molecule has 0 unspecified atom stereocenters. The number of anilines is 1. The third kappa shape index (κ3) is 13.4. The summed E-state index contributed by atoms with van der Waals surface area (Å²) < 4.78 is 33.1. The van der Waals surface area contributed by atoms with Gasteiger partial charge in [0.2, 0.25) is 5.13 Å². The Bertz CT molecular complexity index is 2320. The van der Waals surface area contributed by atoms with Crippen LogP contribution < -0.4 is 19.6 Å². The molecule has 1 N–H and O–H groups in total. The predicted octanol–water partition coefficient (Wildman–Crippen LogP) is 7.27. The highest BCUT2D eigenvalue weighted by atomic mass is 32.1. The number of carbonyl (C=O) groups is 4. The number of esters is 4. The molecule has 0 aliphatic carbocycles. The van der Waals surface area contributed by atoms with Gasteiger partial charge in [0.1, 0.15) is 17.2 Å². The van der Waals surface area contributed by atoms with Crippen molar-refractivity contribution in [2.45, 2.75) is 19.3 Å². The molecular formula is C42H38N4O12S. The van der Waals surface area contributed by atoms with Crippen LogP contribution in [0.4, 0.5) is 10.8 Å². The average Bonchev–Trinajstić information content (AvgIpc) is 3.66. The van der Waals surface area contributed by atoms with Gasteiger partial charge in [-0.25, -0.2) is 24.2 Å². The second kappa shape index (κ2) is 21.8. The van der Waals surface area contributed by atoms with Gasteiger partial charge in [0.25, 0.3) is 5.69 Å². The van der Waals surface area contributed by atoms with E-state index in [1.807, 2.05) is 0 Å². The number of hydrazone groups is 1. The Labute approximate surface area is 341 Å². The third-order valence-corrected chi connectivity index (χ3v) is 8.90. The molecule has 5 rings (SSSR count). The molecule has 0 bridgehead atoms. The zero-order chi connectivity index (χ0) is 42.0. The molecule has 0 spiro atoms. The van der Waals surface area contributed by atoms with E-state index in [4.69, 9.17) is 28.4 Å². The Balaban J connectivity index is 1.20. The predicted molar refractivity (Wildman–Crippen MR) is 218 cm³/mol. The van der Waals surface area contributed by atoms with Crippen molar-refractivity contribution in [1.29, 1.82) is 0 Å². The maximum absolute atomic E-state index is 13.2. The Kier molecular flexibility index (Phi) is 15.8. The Hall–Kier alpha value is -7.40. The molecule has 0 aliphatic heterocycles. The van der Waals surface area contributed by atoms with Crippen LogP contribution in [-0.4, -0.2) is 73.0 Å². The van der Waals surface area contributed by atoms with Gasteiger partial charge in [-0.2, -0.15) is 5.10 Å². The highest BCUT2D eigenvalue weighted by Gasteiger charge is 2.15. The van der Waals surface area contributed by atoms with Gasteiger partial charge >= 0.3 is 23.9 Å². The smallest absolute Gasteiger partial charge is 0.343 e. The minimum absolute atomic E-state index is 0.0424. The number of hydrogen-bond acceptors (Lipinski definition) is 16. The summed E-state index contributed by atoms with van der Waals surface area (Å²) in [6.45, 7) is 7.70. The second-order valence-electron chi connectivity index (χ2n) is 12.1. The lowest BCUT2D eigenvalue weighted by Crippen LogP contribution is -2.11. The van der Waals surface area contributed by atoms with Crippen molar-refractivity contribution in [3.05, 3.63) is 143 Å². The molecule has 0 amide bonds. The van der Waals surface area contributed by atoms with E-state index < -0.39 is 28.8 Å². The first-order valence-corrected chi connectivity index (χ1v) is 18.8. The summed E-state index contributed by atoms with van der Waals surface area (Å²) in [5.41, 5.74) is 4.92. The van der Waals surface area contributed by atoms with Crippen molar-refractivity contribution in [1.82, 2.24) is 4.98 Å². The van der Waals surface area contributed by atoms with E-state index in [-0.39, 0.29) is 43.4 Å². The Morgan fingerprint density at radius 3 is 1.95 bits per heavy atom. The monoisotopic (exact) mass is 822 g/mol. The van der Waals surface area contributed by atoms with Crippen LogP contribution >= 0.6 is 11.3 Å². The number of non-ortho nitro benzene ring substituents is 1. The minimum Gasteiger partial charge on any atom is -0.493 e. The largest absolute Gasteiger partial charge is 0.493 e. The van der Waals surface area contributed by atoms with Crippen molar-refractivity contribution in [2.24, 2.45) is 5.10 Å². The van der Waals surface area contributed by atoms with Gasteiger partial charge in [0, 0.05) is 49.1 Å². The molecule has 1 heterocycles. The number of carbonyl (C=O) groups excluding carboxylic acids is 4. The summed E-state index contributed by atoms with van der Waals surface area (Å²) in [6, 6.07) is 22.2. The van der Waals surface area contributed by atoms with Crippen molar-refractivity contribution in [2.75, 3.05) is 38.5 Å². The SMILES string of the molecule is C=CC(=O)OCCCOc1ccc(C(=O)OCCc2ccc(OC(=O)c3ccc(OCCCOC(=O)C=C)cc3)c(/C=N/Nc3nc4cc([N+](=O)[O-])ccc4s3)c2)cc1. The minimum atomic E-state index is -0.643. The normalized spacial score (nSPS) is 10.7. The molecule has 17 heteroatoms. The molecule has 0 saturated heterocycles. The fourth-order valence-corrected chi connectivity index (χ4v) is 5.82. The van der Waals surface area contributed by atoms with Gasteiger partial charge in [-0.15, -0.1) is 0 Å². The molecule has 0 aliphatic rings. The number of aromatic nitrogens is 1. The number of benzene rings is 4. The maximum atomic E-state index is 13.2. The van der Waals surface area contributed by atoms with Crippen LogP contribution in [0, 0.1) is 10.1 Å². The van der Waals surface area contributed by atoms with E-state index in [0.717, 1.165) is 22.4 Å². The third-order valence-electron chi connectivity index (χ3n) is 7.96. The summed E-state index contributed by atoms with van der Waals surface area (Å²) in [5, 5.41) is 15.9. The van der Waals surface area contributed by atoms with Crippen molar-refractivity contribution >= 4 is 62.5 Å². The van der Waals surface area contributed by atoms with E-state index in [2.05, 4.69) is 28.7 Å². The molecule has 4 aromatic carbocycles. The average molecular weight is 823 g/mol. The Morgan fingerprint density at radius 2 is 1.36 bits per heavy atom. The zero-order valence-corrected chi connectivity index (χ0v) is 32.4. The molecule has 0 fully saturated rings. The summed E-state index contributed by atoms with van der Waals surface area (Å²) in [5.74, 6) is -0.948. The van der Waals surface area contributed by atoms with E-state index in [1.165, 1.54) is 29.7 Å². The van der Waals surface area contributed by atoms with Crippen molar-refractivity contribution in [3.63, 3.8) is 0 Å². The van der Waals surface area contributed by atoms with Crippen LogP contribution in [0.3, 0.4) is 0 Å². The molecule has 16 nitrogen and oxygen atoms in total. The van der Waals surface area contributed by atoms with Crippen LogP contribution in [0.1, 0.15) is 44.7 Å². The number of nitro groups is 1. The second-order valence-corrected chi connectivity index (χ2v) is 13.2. The summed E-state index contributed by atoms with van der Waals surface area (Å²) in [4.78, 5) is 63.3. The van der Waals surface area contributed by atoms with E-state index >= 15 is 0 Å².